The minimum Gasteiger partial charge on any atom is -0.339 e. The Morgan fingerprint density at radius 3 is 2.47 bits per heavy atom. The highest BCUT2D eigenvalue weighted by atomic mass is 32.2. The standard InChI is InChI=1S/C22H24N6O3S/c1-14-3-5-16(6-4-14)28-20-18(12-23-28)21(31)27-17(13-32-22(27)24-20)11-19(30)26-9-7-25(8-10-26)15(2)29/h3-6,12,17H,7-11,13H2,1-2H3. The molecule has 0 radical (unpaired) electrons. The molecule has 10 heteroatoms. The van der Waals surface area contributed by atoms with Crippen molar-refractivity contribution in [3.05, 3.63) is 46.4 Å². The van der Waals surface area contributed by atoms with Crippen LogP contribution in [0.5, 0.6) is 0 Å². The SMILES string of the molecule is CC(=O)N1CCN(C(=O)CC2CSc3nc4c(cnn4-c4ccc(C)cc4)c(=O)n32)CC1. The van der Waals surface area contributed by atoms with Gasteiger partial charge in [0.25, 0.3) is 5.56 Å². The first kappa shape index (κ1) is 20.7. The Bertz CT molecular complexity index is 1260. The average Bonchev–Trinajstić information content (AvgIpc) is 3.39. The minimum absolute atomic E-state index is 0.00833. The van der Waals surface area contributed by atoms with Crippen molar-refractivity contribution >= 4 is 34.6 Å². The molecule has 0 N–H and O–H groups in total. The van der Waals surface area contributed by atoms with E-state index in [1.54, 1.807) is 32.2 Å². The van der Waals surface area contributed by atoms with Crippen molar-refractivity contribution in [1.82, 2.24) is 29.1 Å². The predicted octanol–water partition coefficient (Wildman–Crippen LogP) is 1.62. The van der Waals surface area contributed by atoms with Gasteiger partial charge in [-0.3, -0.25) is 19.0 Å². The van der Waals surface area contributed by atoms with E-state index < -0.39 is 0 Å². The maximum absolute atomic E-state index is 13.3. The van der Waals surface area contributed by atoms with Crippen LogP contribution < -0.4 is 5.56 Å². The molecule has 4 heterocycles. The van der Waals surface area contributed by atoms with Crippen LogP contribution in [-0.2, 0) is 9.59 Å². The Kier molecular flexibility index (Phi) is 5.24. The number of hydrogen-bond acceptors (Lipinski definition) is 6. The lowest BCUT2D eigenvalue weighted by Crippen LogP contribution is -2.50. The highest BCUT2D eigenvalue weighted by molar-refractivity contribution is 7.99. The van der Waals surface area contributed by atoms with E-state index in [1.807, 2.05) is 31.2 Å². The summed E-state index contributed by atoms with van der Waals surface area (Å²) in [6.45, 7) is 5.73. The summed E-state index contributed by atoms with van der Waals surface area (Å²) < 4.78 is 3.34. The number of benzene rings is 1. The smallest absolute Gasteiger partial charge is 0.265 e. The summed E-state index contributed by atoms with van der Waals surface area (Å²) in [5.41, 5.74) is 2.37. The topological polar surface area (TPSA) is 93.3 Å². The van der Waals surface area contributed by atoms with Crippen molar-refractivity contribution in [1.29, 1.82) is 0 Å². The van der Waals surface area contributed by atoms with E-state index in [0.29, 0.717) is 48.1 Å². The number of aryl methyl sites for hydroxylation is 1. The van der Waals surface area contributed by atoms with Gasteiger partial charge in [0.05, 0.1) is 17.9 Å². The second kappa shape index (κ2) is 8.09. The molecule has 3 aromatic rings. The fourth-order valence-corrected chi connectivity index (χ4v) is 5.39. The Labute approximate surface area is 189 Å². The Morgan fingerprint density at radius 1 is 1.09 bits per heavy atom. The number of nitrogens with zero attached hydrogens (tertiary/aromatic N) is 6. The number of amides is 2. The first-order chi connectivity index (χ1) is 15.4. The van der Waals surface area contributed by atoms with Crippen LogP contribution in [0.25, 0.3) is 16.7 Å². The van der Waals surface area contributed by atoms with Gasteiger partial charge in [0, 0.05) is 45.3 Å². The zero-order valence-electron chi connectivity index (χ0n) is 18.0. The molecule has 32 heavy (non-hydrogen) atoms. The molecule has 1 saturated heterocycles. The van der Waals surface area contributed by atoms with E-state index in [4.69, 9.17) is 4.98 Å². The largest absolute Gasteiger partial charge is 0.339 e. The number of aromatic nitrogens is 4. The molecule has 0 aliphatic carbocycles. The van der Waals surface area contributed by atoms with Gasteiger partial charge in [-0.05, 0) is 19.1 Å². The molecule has 2 aromatic heterocycles. The lowest BCUT2D eigenvalue weighted by Gasteiger charge is -2.34. The lowest BCUT2D eigenvalue weighted by molar-refractivity contribution is -0.138. The van der Waals surface area contributed by atoms with E-state index in [2.05, 4.69) is 5.10 Å². The Morgan fingerprint density at radius 2 is 1.78 bits per heavy atom. The number of carbonyl (C=O) groups is 2. The summed E-state index contributed by atoms with van der Waals surface area (Å²) >= 11 is 1.49. The second-order valence-corrected chi connectivity index (χ2v) is 9.24. The summed E-state index contributed by atoms with van der Waals surface area (Å²) in [7, 11) is 0. The molecule has 1 aromatic carbocycles. The summed E-state index contributed by atoms with van der Waals surface area (Å²) in [5, 5.41) is 5.47. The molecule has 9 nitrogen and oxygen atoms in total. The third-order valence-corrected chi connectivity index (χ3v) is 7.23. The first-order valence-corrected chi connectivity index (χ1v) is 11.6. The molecule has 2 aliphatic rings. The summed E-state index contributed by atoms with van der Waals surface area (Å²) in [6, 6.07) is 7.66. The fourth-order valence-electron chi connectivity index (χ4n) is 4.26. The molecule has 166 valence electrons. The number of thioether (sulfide) groups is 1. The van der Waals surface area contributed by atoms with Gasteiger partial charge >= 0.3 is 0 Å². The molecular formula is C22H24N6O3S. The lowest BCUT2D eigenvalue weighted by atomic mass is 10.2. The number of piperazine rings is 1. The molecule has 2 aliphatic heterocycles. The highest BCUT2D eigenvalue weighted by Crippen LogP contribution is 2.33. The number of carbonyl (C=O) groups excluding carboxylic acids is 2. The van der Waals surface area contributed by atoms with Gasteiger partial charge in [-0.2, -0.15) is 5.10 Å². The van der Waals surface area contributed by atoms with E-state index in [-0.39, 0.29) is 29.8 Å². The molecule has 0 spiro atoms. The molecule has 0 bridgehead atoms. The average molecular weight is 453 g/mol. The number of hydrogen-bond donors (Lipinski definition) is 0. The third kappa shape index (κ3) is 3.58. The van der Waals surface area contributed by atoms with Crippen LogP contribution >= 0.6 is 11.8 Å². The summed E-state index contributed by atoms with van der Waals surface area (Å²) in [4.78, 5) is 46.0. The molecule has 0 saturated carbocycles. The van der Waals surface area contributed by atoms with Crippen molar-refractivity contribution in [2.45, 2.75) is 31.5 Å². The van der Waals surface area contributed by atoms with Gasteiger partial charge in [-0.1, -0.05) is 29.5 Å². The van der Waals surface area contributed by atoms with E-state index in [9.17, 15) is 14.4 Å². The minimum atomic E-state index is -0.236. The summed E-state index contributed by atoms with van der Waals surface area (Å²) in [5.74, 6) is 0.673. The van der Waals surface area contributed by atoms with E-state index in [1.165, 1.54) is 11.8 Å². The van der Waals surface area contributed by atoms with Crippen molar-refractivity contribution < 1.29 is 9.59 Å². The van der Waals surface area contributed by atoms with Gasteiger partial charge in [-0.15, -0.1) is 0 Å². The van der Waals surface area contributed by atoms with Crippen molar-refractivity contribution in [2.75, 3.05) is 31.9 Å². The van der Waals surface area contributed by atoms with E-state index in [0.717, 1.165) is 11.3 Å². The normalized spacial score (nSPS) is 18.2. The van der Waals surface area contributed by atoms with Gasteiger partial charge in [0.1, 0.15) is 5.39 Å². The summed E-state index contributed by atoms with van der Waals surface area (Å²) in [6.07, 6.45) is 1.81. The predicted molar refractivity (Wildman–Crippen MR) is 121 cm³/mol. The zero-order valence-corrected chi connectivity index (χ0v) is 18.8. The van der Waals surface area contributed by atoms with Crippen LogP contribution in [0.1, 0.15) is 24.9 Å². The third-order valence-electron chi connectivity index (χ3n) is 6.14. The number of rotatable bonds is 3. The van der Waals surface area contributed by atoms with Gasteiger partial charge in [0.15, 0.2) is 10.8 Å². The Hall–Kier alpha value is -3.14. The van der Waals surface area contributed by atoms with Crippen LogP contribution in [0.3, 0.4) is 0 Å². The van der Waals surface area contributed by atoms with Gasteiger partial charge in [0.2, 0.25) is 11.8 Å². The van der Waals surface area contributed by atoms with Crippen LogP contribution in [0, 0.1) is 6.92 Å². The first-order valence-electron chi connectivity index (χ1n) is 10.7. The molecule has 2 amide bonds. The molecule has 1 atom stereocenters. The van der Waals surface area contributed by atoms with Crippen LogP contribution in [0.2, 0.25) is 0 Å². The fraction of sp³-hybridized carbons (Fsp3) is 0.409. The van der Waals surface area contributed by atoms with Crippen molar-refractivity contribution in [2.24, 2.45) is 0 Å². The van der Waals surface area contributed by atoms with Crippen molar-refractivity contribution in [3.8, 4) is 5.69 Å². The van der Waals surface area contributed by atoms with Crippen LogP contribution in [0.4, 0.5) is 0 Å². The maximum Gasteiger partial charge on any atom is 0.265 e. The molecule has 5 rings (SSSR count). The Balaban J connectivity index is 1.39. The van der Waals surface area contributed by atoms with Crippen molar-refractivity contribution in [3.63, 3.8) is 0 Å². The van der Waals surface area contributed by atoms with Crippen LogP contribution in [0.15, 0.2) is 40.4 Å². The monoisotopic (exact) mass is 452 g/mol. The highest BCUT2D eigenvalue weighted by Gasteiger charge is 2.32. The van der Waals surface area contributed by atoms with Crippen LogP contribution in [-0.4, -0.2) is 72.9 Å². The van der Waals surface area contributed by atoms with E-state index >= 15 is 0 Å². The second-order valence-electron chi connectivity index (χ2n) is 8.25. The van der Waals surface area contributed by atoms with Gasteiger partial charge < -0.3 is 9.80 Å². The molecular weight excluding hydrogens is 428 g/mol. The van der Waals surface area contributed by atoms with Gasteiger partial charge in [-0.25, -0.2) is 9.67 Å². The maximum atomic E-state index is 13.3. The zero-order chi connectivity index (χ0) is 22.4. The quantitative estimate of drug-likeness (QED) is 0.561. The molecule has 1 unspecified atom stereocenters. The number of fused-ring (bicyclic) bond motifs is 2. The molecule has 1 fully saturated rings.